The predicted molar refractivity (Wildman–Crippen MR) is 112 cm³/mol. The molecule has 0 aliphatic carbocycles. The first-order valence-corrected chi connectivity index (χ1v) is 10.4. The summed E-state index contributed by atoms with van der Waals surface area (Å²) in [5, 5.41) is 4.04. The summed E-state index contributed by atoms with van der Waals surface area (Å²) in [6.45, 7) is 3.28. The zero-order valence-corrected chi connectivity index (χ0v) is 17.8. The fourth-order valence-corrected chi connectivity index (χ4v) is 3.75. The second-order valence-electron chi connectivity index (χ2n) is 7.77. The molecule has 174 valence electrons. The maximum absolute atomic E-state index is 12.9. The van der Waals surface area contributed by atoms with Crippen molar-refractivity contribution in [1.82, 2.24) is 24.5 Å². The van der Waals surface area contributed by atoms with E-state index in [4.69, 9.17) is 4.52 Å². The predicted octanol–water partition coefficient (Wildman–Crippen LogP) is 2.82. The topological polar surface area (TPSA) is 84.5 Å². The van der Waals surface area contributed by atoms with Gasteiger partial charge in [-0.2, -0.15) is 18.2 Å². The molecule has 1 unspecified atom stereocenters. The van der Waals surface area contributed by atoms with E-state index >= 15 is 0 Å². The molecule has 1 aliphatic rings. The number of amides is 1. The highest BCUT2D eigenvalue weighted by Gasteiger charge is 2.34. The molecule has 8 nitrogen and oxygen atoms in total. The maximum atomic E-state index is 12.9. The SMILES string of the molecule is CC(c1nc(-c2ccccc2)no1)N1CCN(C(=O)Cn2cccc(C(F)(F)F)c2=O)CC1. The van der Waals surface area contributed by atoms with Crippen LogP contribution in [-0.4, -0.2) is 56.6 Å². The van der Waals surface area contributed by atoms with Gasteiger partial charge in [-0.3, -0.25) is 14.5 Å². The molecule has 4 rings (SSSR count). The number of alkyl halides is 3. The fourth-order valence-electron chi connectivity index (χ4n) is 3.75. The number of carbonyl (C=O) groups excluding carboxylic acids is 1. The summed E-state index contributed by atoms with van der Waals surface area (Å²) < 4.78 is 45.1. The van der Waals surface area contributed by atoms with Gasteiger partial charge < -0.3 is 14.0 Å². The minimum Gasteiger partial charge on any atom is -0.339 e. The normalized spacial score (nSPS) is 16.1. The number of hydrogen-bond donors (Lipinski definition) is 0. The van der Waals surface area contributed by atoms with Gasteiger partial charge >= 0.3 is 6.18 Å². The van der Waals surface area contributed by atoms with Crippen molar-refractivity contribution in [3.8, 4) is 11.4 Å². The van der Waals surface area contributed by atoms with E-state index in [1.807, 2.05) is 37.3 Å². The standard InChI is InChI=1S/C22H22F3N5O3/c1-15(20-26-19(27-33-20)16-6-3-2-4-7-16)28-10-12-29(13-11-28)18(31)14-30-9-5-8-17(21(30)32)22(23,24)25/h2-9,15H,10-14H2,1H3. The van der Waals surface area contributed by atoms with Crippen LogP contribution >= 0.6 is 0 Å². The molecule has 33 heavy (non-hydrogen) atoms. The average molecular weight is 461 g/mol. The van der Waals surface area contributed by atoms with Crippen molar-refractivity contribution in [3.05, 3.63) is 70.5 Å². The molecule has 11 heteroatoms. The summed E-state index contributed by atoms with van der Waals surface area (Å²) in [6.07, 6.45) is -3.58. The van der Waals surface area contributed by atoms with E-state index in [2.05, 4.69) is 15.0 Å². The molecular weight excluding hydrogens is 439 g/mol. The lowest BCUT2D eigenvalue weighted by molar-refractivity contribution is -0.140. The highest BCUT2D eigenvalue weighted by atomic mass is 19.4. The molecule has 3 aromatic rings. The zero-order valence-electron chi connectivity index (χ0n) is 17.8. The van der Waals surface area contributed by atoms with Crippen molar-refractivity contribution in [2.45, 2.75) is 25.7 Å². The molecule has 0 radical (unpaired) electrons. The van der Waals surface area contributed by atoms with Crippen molar-refractivity contribution in [2.75, 3.05) is 26.2 Å². The number of rotatable bonds is 5. The summed E-state index contributed by atoms with van der Waals surface area (Å²) >= 11 is 0. The van der Waals surface area contributed by atoms with E-state index < -0.39 is 29.8 Å². The lowest BCUT2D eigenvalue weighted by atomic mass is 10.2. The summed E-state index contributed by atoms with van der Waals surface area (Å²) in [6, 6.07) is 11.1. The van der Waals surface area contributed by atoms with Gasteiger partial charge in [0.1, 0.15) is 12.1 Å². The minimum atomic E-state index is -4.76. The van der Waals surface area contributed by atoms with E-state index in [1.165, 1.54) is 6.20 Å². The first-order valence-electron chi connectivity index (χ1n) is 10.4. The Hall–Kier alpha value is -3.47. The van der Waals surface area contributed by atoms with Gasteiger partial charge in [0.25, 0.3) is 5.56 Å². The van der Waals surface area contributed by atoms with E-state index in [1.54, 1.807) is 4.90 Å². The lowest BCUT2D eigenvalue weighted by Gasteiger charge is -2.36. The number of nitrogens with zero attached hydrogens (tertiary/aromatic N) is 5. The Kier molecular flexibility index (Phi) is 6.32. The second kappa shape index (κ2) is 9.18. The molecule has 1 aliphatic heterocycles. The maximum Gasteiger partial charge on any atom is 0.421 e. The summed E-state index contributed by atoms with van der Waals surface area (Å²) in [7, 11) is 0. The summed E-state index contributed by atoms with van der Waals surface area (Å²) in [5.74, 6) is 0.551. The number of piperazine rings is 1. The molecular formula is C22H22F3N5O3. The van der Waals surface area contributed by atoms with Gasteiger partial charge in [0, 0.05) is 37.9 Å². The molecule has 1 amide bonds. The quantitative estimate of drug-likeness (QED) is 0.581. The number of hydrogen-bond acceptors (Lipinski definition) is 6. The molecule has 0 N–H and O–H groups in total. The van der Waals surface area contributed by atoms with Gasteiger partial charge in [0.2, 0.25) is 17.6 Å². The fraction of sp³-hybridized carbons (Fsp3) is 0.364. The number of halogens is 3. The Morgan fingerprint density at radius 1 is 1.09 bits per heavy atom. The van der Waals surface area contributed by atoms with Crippen LogP contribution in [0.4, 0.5) is 13.2 Å². The highest BCUT2D eigenvalue weighted by Crippen LogP contribution is 2.26. The monoisotopic (exact) mass is 461 g/mol. The number of carbonyl (C=O) groups is 1. The Labute approximate surface area is 187 Å². The first-order chi connectivity index (χ1) is 15.7. The van der Waals surface area contributed by atoms with Gasteiger partial charge in [-0.25, -0.2) is 0 Å². The Morgan fingerprint density at radius 3 is 2.45 bits per heavy atom. The van der Waals surface area contributed by atoms with Crippen LogP contribution in [0.15, 0.2) is 58.0 Å². The van der Waals surface area contributed by atoms with Gasteiger partial charge in [0.15, 0.2) is 0 Å². The lowest BCUT2D eigenvalue weighted by Crippen LogP contribution is -2.50. The molecule has 0 bridgehead atoms. The van der Waals surface area contributed by atoms with Crippen LogP contribution in [0.2, 0.25) is 0 Å². The second-order valence-corrected chi connectivity index (χ2v) is 7.77. The van der Waals surface area contributed by atoms with Gasteiger partial charge in [-0.05, 0) is 19.1 Å². The van der Waals surface area contributed by atoms with Crippen LogP contribution in [0, 0.1) is 0 Å². The van der Waals surface area contributed by atoms with E-state index in [0.29, 0.717) is 44.0 Å². The Bertz CT molecular complexity index is 1170. The summed E-state index contributed by atoms with van der Waals surface area (Å²) in [5.41, 5.74) is -1.66. The van der Waals surface area contributed by atoms with E-state index in [0.717, 1.165) is 16.2 Å². The Morgan fingerprint density at radius 2 is 1.79 bits per heavy atom. The molecule has 0 saturated carbocycles. The Balaban J connectivity index is 1.36. The zero-order chi connectivity index (χ0) is 23.6. The molecule has 1 fully saturated rings. The minimum absolute atomic E-state index is 0.168. The van der Waals surface area contributed by atoms with Crippen molar-refractivity contribution in [1.29, 1.82) is 0 Å². The summed E-state index contributed by atoms with van der Waals surface area (Å²) in [4.78, 5) is 32.8. The molecule has 1 atom stereocenters. The molecule has 3 heterocycles. The van der Waals surface area contributed by atoms with Crippen LogP contribution < -0.4 is 5.56 Å². The van der Waals surface area contributed by atoms with E-state index in [9.17, 15) is 22.8 Å². The number of pyridine rings is 1. The highest BCUT2D eigenvalue weighted by molar-refractivity contribution is 5.76. The molecule has 0 spiro atoms. The van der Waals surface area contributed by atoms with Crippen LogP contribution in [0.1, 0.15) is 24.4 Å². The van der Waals surface area contributed by atoms with Gasteiger partial charge in [-0.1, -0.05) is 35.5 Å². The number of aromatic nitrogens is 3. The third-order valence-corrected chi connectivity index (χ3v) is 5.68. The first kappa shape index (κ1) is 22.7. The largest absolute Gasteiger partial charge is 0.421 e. The van der Waals surface area contributed by atoms with Crippen molar-refractivity contribution in [3.63, 3.8) is 0 Å². The van der Waals surface area contributed by atoms with Crippen molar-refractivity contribution < 1.29 is 22.5 Å². The van der Waals surface area contributed by atoms with Crippen LogP contribution in [0.3, 0.4) is 0 Å². The van der Waals surface area contributed by atoms with Crippen molar-refractivity contribution in [2.24, 2.45) is 0 Å². The number of benzene rings is 1. The van der Waals surface area contributed by atoms with Gasteiger partial charge in [0.05, 0.1) is 6.04 Å². The third-order valence-electron chi connectivity index (χ3n) is 5.68. The molecule has 2 aromatic heterocycles. The van der Waals surface area contributed by atoms with Gasteiger partial charge in [-0.15, -0.1) is 0 Å². The van der Waals surface area contributed by atoms with E-state index in [-0.39, 0.29) is 6.04 Å². The van der Waals surface area contributed by atoms with Crippen LogP contribution in [0.5, 0.6) is 0 Å². The third kappa shape index (κ3) is 4.98. The molecule has 1 aromatic carbocycles. The average Bonchev–Trinajstić information content (AvgIpc) is 3.30. The van der Waals surface area contributed by atoms with Crippen LogP contribution in [0.25, 0.3) is 11.4 Å². The smallest absolute Gasteiger partial charge is 0.339 e. The van der Waals surface area contributed by atoms with Crippen molar-refractivity contribution >= 4 is 5.91 Å². The van der Waals surface area contributed by atoms with Crippen LogP contribution in [-0.2, 0) is 17.5 Å². The molecule has 1 saturated heterocycles.